The molecule has 4 heteroatoms. The Labute approximate surface area is 117 Å². The molecule has 0 radical (unpaired) electrons. The fraction of sp³-hybridized carbons (Fsp3) is 0.933. The Balaban J connectivity index is 2.34. The largest absolute Gasteiger partial charge is 0.466 e. The first-order valence-electron chi connectivity index (χ1n) is 7.71. The van der Waals surface area contributed by atoms with E-state index in [1.165, 1.54) is 32.1 Å². The van der Waals surface area contributed by atoms with Crippen LogP contribution in [0.1, 0.15) is 58.8 Å². The van der Waals surface area contributed by atoms with Gasteiger partial charge in [-0.2, -0.15) is 0 Å². The van der Waals surface area contributed by atoms with Crippen molar-refractivity contribution in [2.45, 2.75) is 70.9 Å². The molecule has 1 rings (SSSR count). The van der Waals surface area contributed by atoms with Gasteiger partial charge in [0.1, 0.15) is 0 Å². The van der Waals surface area contributed by atoms with Crippen LogP contribution in [-0.2, 0) is 9.53 Å². The molecule has 1 fully saturated rings. The van der Waals surface area contributed by atoms with Gasteiger partial charge in [-0.25, -0.2) is 0 Å². The summed E-state index contributed by atoms with van der Waals surface area (Å²) in [5.74, 6) is -0.108. The molecule has 0 spiro atoms. The first-order chi connectivity index (χ1) is 9.13. The summed E-state index contributed by atoms with van der Waals surface area (Å²) < 4.78 is 4.94. The molecule has 0 saturated heterocycles. The van der Waals surface area contributed by atoms with E-state index in [2.05, 4.69) is 4.90 Å². The second-order valence-electron chi connectivity index (χ2n) is 5.54. The number of hydrogen-bond acceptors (Lipinski definition) is 4. The Morgan fingerprint density at radius 2 is 2.05 bits per heavy atom. The molecule has 4 nitrogen and oxygen atoms in total. The van der Waals surface area contributed by atoms with Crippen molar-refractivity contribution in [1.82, 2.24) is 4.90 Å². The summed E-state index contributed by atoms with van der Waals surface area (Å²) >= 11 is 0. The van der Waals surface area contributed by atoms with Crippen molar-refractivity contribution in [3.05, 3.63) is 0 Å². The number of nitrogens with zero attached hydrogens (tertiary/aromatic N) is 1. The molecule has 1 saturated carbocycles. The van der Waals surface area contributed by atoms with Gasteiger partial charge in [0, 0.05) is 19.0 Å². The number of aliphatic hydroxyl groups is 1. The van der Waals surface area contributed by atoms with Crippen LogP contribution in [0.2, 0.25) is 0 Å². The molecule has 0 bridgehead atoms. The van der Waals surface area contributed by atoms with Crippen molar-refractivity contribution >= 4 is 5.97 Å². The zero-order valence-electron chi connectivity index (χ0n) is 12.4. The first kappa shape index (κ1) is 16.4. The van der Waals surface area contributed by atoms with Gasteiger partial charge in [0.2, 0.25) is 0 Å². The number of rotatable bonds is 8. The molecule has 1 aliphatic carbocycles. The summed E-state index contributed by atoms with van der Waals surface area (Å²) in [4.78, 5) is 13.7. The third kappa shape index (κ3) is 6.92. The zero-order valence-corrected chi connectivity index (χ0v) is 12.4. The molecular formula is C15H29NO3. The van der Waals surface area contributed by atoms with Gasteiger partial charge < -0.3 is 9.84 Å². The summed E-state index contributed by atoms with van der Waals surface area (Å²) in [6.07, 6.45) is 7.38. The summed E-state index contributed by atoms with van der Waals surface area (Å²) in [7, 11) is 0. The van der Waals surface area contributed by atoms with E-state index in [1.54, 1.807) is 0 Å². The van der Waals surface area contributed by atoms with Crippen molar-refractivity contribution < 1.29 is 14.6 Å². The maximum absolute atomic E-state index is 11.3. The molecule has 0 aromatic rings. The zero-order chi connectivity index (χ0) is 14.1. The summed E-state index contributed by atoms with van der Waals surface area (Å²) in [6, 6.07) is 0.588. The van der Waals surface area contributed by atoms with E-state index in [0.717, 1.165) is 13.0 Å². The van der Waals surface area contributed by atoms with Crippen LogP contribution in [0.15, 0.2) is 0 Å². The lowest BCUT2D eigenvalue weighted by Crippen LogP contribution is -2.41. The van der Waals surface area contributed by atoms with E-state index < -0.39 is 0 Å². The topological polar surface area (TPSA) is 49.8 Å². The summed E-state index contributed by atoms with van der Waals surface area (Å²) in [5, 5.41) is 9.61. The molecule has 0 aromatic heterocycles. The van der Waals surface area contributed by atoms with Crippen LogP contribution in [0.5, 0.6) is 0 Å². The standard InChI is InChI=1S/C15H29NO3/c1-3-19-15(18)10-7-11-16(12-13(2)17)14-8-5-4-6-9-14/h13-14,17H,3-12H2,1-2H3. The molecule has 0 heterocycles. The average molecular weight is 271 g/mol. The highest BCUT2D eigenvalue weighted by molar-refractivity contribution is 5.69. The average Bonchev–Trinajstić information content (AvgIpc) is 2.38. The Kier molecular flexibility index (Phi) is 8.07. The summed E-state index contributed by atoms with van der Waals surface area (Å²) in [5.41, 5.74) is 0. The molecule has 19 heavy (non-hydrogen) atoms. The monoisotopic (exact) mass is 271 g/mol. The van der Waals surface area contributed by atoms with Crippen LogP contribution in [0.3, 0.4) is 0 Å². The maximum Gasteiger partial charge on any atom is 0.305 e. The molecule has 112 valence electrons. The fourth-order valence-electron chi connectivity index (χ4n) is 2.87. The van der Waals surface area contributed by atoms with E-state index in [4.69, 9.17) is 4.74 Å². The van der Waals surface area contributed by atoms with E-state index in [-0.39, 0.29) is 12.1 Å². The predicted octanol–water partition coefficient (Wildman–Crippen LogP) is 2.35. The Morgan fingerprint density at radius 1 is 1.37 bits per heavy atom. The molecule has 0 amide bonds. The van der Waals surface area contributed by atoms with E-state index >= 15 is 0 Å². The Morgan fingerprint density at radius 3 is 2.63 bits per heavy atom. The number of ether oxygens (including phenoxy) is 1. The molecule has 1 unspecified atom stereocenters. The van der Waals surface area contributed by atoms with Crippen molar-refractivity contribution in [2.75, 3.05) is 19.7 Å². The second-order valence-corrected chi connectivity index (χ2v) is 5.54. The van der Waals surface area contributed by atoms with Crippen molar-refractivity contribution in [3.63, 3.8) is 0 Å². The lowest BCUT2D eigenvalue weighted by Gasteiger charge is -2.35. The van der Waals surface area contributed by atoms with Gasteiger partial charge in [-0.3, -0.25) is 9.69 Å². The molecule has 1 atom stereocenters. The maximum atomic E-state index is 11.3. The SMILES string of the molecule is CCOC(=O)CCCN(CC(C)O)C1CCCCC1. The van der Waals surface area contributed by atoms with Crippen LogP contribution in [0, 0.1) is 0 Å². The van der Waals surface area contributed by atoms with Crippen molar-refractivity contribution in [3.8, 4) is 0 Å². The van der Waals surface area contributed by atoms with Gasteiger partial charge in [0.25, 0.3) is 0 Å². The van der Waals surface area contributed by atoms with Crippen LogP contribution in [0.25, 0.3) is 0 Å². The fourth-order valence-corrected chi connectivity index (χ4v) is 2.87. The van der Waals surface area contributed by atoms with E-state index in [9.17, 15) is 9.90 Å². The molecule has 1 aliphatic rings. The lowest BCUT2D eigenvalue weighted by molar-refractivity contribution is -0.143. The van der Waals surface area contributed by atoms with Gasteiger partial charge in [0.05, 0.1) is 12.7 Å². The molecule has 1 N–H and O–H groups in total. The minimum Gasteiger partial charge on any atom is -0.466 e. The van der Waals surface area contributed by atoms with Gasteiger partial charge in [-0.15, -0.1) is 0 Å². The number of esters is 1. The predicted molar refractivity (Wildman–Crippen MR) is 76.0 cm³/mol. The highest BCUT2D eigenvalue weighted by Gasteiger charge is 2.22. The van der Waals surface area contributed by atoms with E-state index in [1.807, 2.05) is 13.8 Å². The molecule has 0 aliphatic heterocycles. The van der Waals surface area contributed by atoms with Crippen LogP contribution < -0.4 is 0 Å². The van der Waals surface area contributed by atoms with E-state index in [0.29, 0.717) is 25.6 Å². The molecule has 0 aromatic carbocycles. The summed E-state index contributed by atoms with van der Waals surface area (Å²) in [6.45, 7) is 5.72. The second kappa shape index (κ2) is 9.32. The minimum atomic E-state index is -0.301. The van der Waals surface area contributed by atoms with Gasteiger partial charge in [0.15, 0.2) is 0 Å². The number of carbonyl (C=O) groups excluding carboxylic acids is 1. The lowest BCUT2D eigenvalue weighted by atomic mass is 9.94. The van der Waals surface area contributed by atoms with Crippen molar-refractivity contribution in [2.24, 2.45) is 0 Å². The van der Waals surface area contributed by atoms with Crippen LogP contribution >= 0.6 is 0 Å². The smallest absolute Gasteiger partial charge is 0.305 e. The quantitative estimate of drug-likeness (QED) is 0.688. The Bertz CT molecular complexity index is 250. The number of aliphatic hydroxyl groups excluding tert-OH is 1. The highest BCUT2D eigenvalue weighted by atomic mass is 16.5. The van der Waals surface area contributed by atoms with Gasteiger partial charge >= 0.3 is 5.97 Å². The molecular weight excluding hydrogens is 242 g/mol. The highest BCUT2D eigenvalue weighted by Crippen LogP contribution is 2.23. The normalized spacial score (nSPS) is 18.5. The van der Waals surface area contributed by atoms with Gasteiger partial charge in [-0.05, 0) is 39.7 Å². The number of hydrogen-bond donors (Lipinski definition) is 1. The van der Waals surface area contributed by atoms with Gasteiger partial charge in [-0.1, -0.05) is 19.3 Å². The number of carbonyl (C=O) groups is 1. The third-order valence-corrected chi connectivity index (χ3v) is 3.72. The van der Waals surface area contributed by atoms with Crippen LogP contribution in [0.4, 0.5) is 0 Å². The minimum absolute atomic E-state index is 0.108. The first-order valence-corrected chi connectivity index (χ1v) is 7.71. The third-order valence-electron chi connectivity index (χ3n) is 3.72. The Hall–Kier alpha value is -0.610. The van der Waals surface area contributed by atoms with Crippen LogP contribution in [-0.4, -0.2) is 47.8 Å². The van der Waals surface area contributed by atoms with Crippen molar-refractivity contribution in [1.29, 1.82) is 0 Å².